The van der Waals surface area contributed by atoms with Crippen LogP contribution in [0.2, 0.25) is 0 Å². The fourth-order valence-electron chi connectivity index (χ4n) is 1.13. The molecule has 0 saturated carbocycles. The van der Waals surface area contributed by atoms with E-state index in [1.807, 2.05) is 48.6 Å². The summed E-state index contributed by atoms with van der Waals surface area (Å²) in [5.41, 5.74) is 3.64. The highest BCUT2D eigenvalue weighted by Gasteiger charge is 2.04. The maximum Gasteiger partial charge on any atom is 0.176 e. The lowest BCUT2D eigenvalue weighted by atomic mass is 10.3. The van der Waals surface area contributed by atoms with Crippen molar-refractivity contribution in [2.45, 2.75) is 41.5 Å². The number of hydrogen-bond acceptors (Lipinski definition) is 3. The number of nitrogens with zero attached hydrogens (tertiary/aromatic N) is 4. The van der Waals surface area contributed by atoms with Crippen LogP contribution in [-0.4, -0.2) is 19.7 Å². The van der Waals surface area contributed by atoms with Crippen LogP contribution in [0.5, 0.6) is 0 Å². The Kier molecular flexibility index (Phi) is 6.30. The highest BCUT2D eigenvalue weighted by molar-refractivity contribution is 5.69. The summed E-state index contributed by atoms with van der Waals surface area (Å²) in [6.07, 6.45) is 1.73. The van der Waals surface area contributed by atoms with Gasteiger partial charge in [-0.1, -0.05) is 27.7 Å². The molecule has 0 spiro atoms. The van der Waals surface area contributed by atoms with Crippen LogP contribution in [0, 0.1) is 13.8 Å². The summed E-state index contributed by atoms with van der Waals surface area (Å²) in [7, 11) is 1.87. The molecule has 0 radical (unpaired) electrons. The second kappa shape index (κ2) is 6.93. The summed E-state index contributed by atoms with van der Waals surface area (Å²) in [6.45, 7) is 11.9. The monoisotopic (exact) mass is 222 g/mol. The topological polar surface area (TPSA) is 43.6 Å². The number of fused-ring (bicyclic) bond motifs is 1. The van der Waals surface area contributed by atoms with Crippen molar-refractivity contribution in [2.75, 3.05) is 0 Å². The van der Waals surface area contributed by atoms with Gasteiger partial charge in [0.1, 0.15) is 5.52 Å². The molecule has 2 aromatic heterocycles. The molecule has 0 fully saturated rings. The summed E-state index contributed by atoms with van der Waals surface area (Å²) in [4.78, 5) is 8.72. The van der Waals surface area contributed by atoms with E-state index in [2.05, 4.69) is 15.1 Å². The zero-order valence-corrected chi connectivity index (χ0v) is 11.4. The minimum atomic E-state index is 0.845. The highest BCUT2D eigenvalue weighted by Crippen LogP contribution is 2.09. The normalized spacial score (nSPS) is 8.94. The average molecular weight is 222 g/mol. The van der Waals surface area contributed by atoms with Gasteiger partial charge in [0, 0.05) is 7.05 Å². The Morgan fingerprint density at radius 2 is 1.44 bits per heavy atom. The highest BCUT2D eigenvalue weighted by atomic mass is 15.3. The standard InChI is InChI=1S/C8H10N4.2C2H6/c1-5-6(2)11-8-7(10-5)4-9-12(8)3;2*1-2/h4H,1-3H3;2*1-2H3. The van der Waals surface area contributed by atoms with Crippen molar-refractivity contribution in [3.05, 3.63) is 17.6 Å². The summed E-state index contributed by atoms with van der Waals surface area (Å²) < 4.78 is 1.73. The van der Waals surface area contributed by atoms with Crippen LogP contribution < -0.4 is 0 Å². The number of hydrogen-bond donors (Lipinski definition) is 0. The second-order valence-electron chi connectivity index (χ2n) is 2.87. The minimum Gasteiger partial charge on any atom is -0.249 e. The molecule has 0 aliphatic carbocycles. The largest absolute Gasteiger partial charge is 0.249 e. The van der Waals surface area contributed by atoms with Gasteiger partial charge in [0.05, 0.1) is 17.6 Å². The Morgan fingerprint density at radius 1 is 0.938 bits per heavy atom. The molecule has 2 aromatic rings. The lowest BCUT2D eigenvalue weighted by Gasteiger charge is -1.98. The van der Waals surface area contributed by atoms with Crippen LogP contribution >= 0.6 is 0 Å². The fraction of sp³-hybridized carbons (Fsp3) is 0.583. The number of aromatic nitrogens is 4. The van der Waals surface area contributed by atoms with Gasteiger partial charge in [0.15, 0.2) is 5.65 Å². The molecule has 0 aliphatic heterocycles. The van der Waals surface area contributed by atoms with E-state index in [1.54, 1.807) is 10.9 Å². The van der Waals surface area contributed by atoms with Crippen LogP contribution in [0.1, 0.15) is 39.1 Å². The first-order chi connectivity index (χ1) is 7.68. The molecule has 0 aliphatic rings. The fourth-order valence-corrected chi connectivity index (χ4v) is 1.13. The molecule has 0 bridgehead atoms. The molecule has 0 saturated heterocycles. The van der Waals surface area contributed by atoms with Crippen LogP contribution in [0.3, 0.4) is 0 Å². The quantitative estimate of drug-likeness (QED) is 0.688. The molecule has 90 valence electrons. The third-order valence-corrected chi connectivity index (χ3v) is 1.97. The minimum absolute atomic E-state index is 0.845. The maximum absolute atomic E-state index is 4.37. The van der Waals surface area contributed by atoms with E-state index in [9.17, 15) is 0 Å². The molecule has 0 atom stereocenters. The Bertz CT molecular complexity index is 432. The van der Waals surface area contributed by atoms with E-state index < -0.39 is 0 Å². The van der Waals surface area contributed by atoms with Gasteiger partial charge < -0.3 is 0 Å². The van der Waals surface area contributed by atoms with E-state index in [0.717, 1.165) is 22.6 Å². The molecule has 2 rings (SSSR count). The second-order valence-corrected chi connectivity index (χ2v) is 2.87. The van der Waals surface area contributed by atoms with E-state index in [0.29, 0.717) is 0 Å². The zero-order chi connectivity index (χ0) is 12.7. The Hall–Kier alpha value is -1.45. The first-order valence-corrected chi connectivity index (χ1v) is 5.81. The van der Waals surface area contributed by atoms with Crippen molar-refractivity contribution in [3.8, 4) is 0 Å². The van der Waals surface area contributed by atoms with Crippen molar-refractivity contribution >= 4 is 11.2 Å². The molecular formula is C12H22N4. The lowest BCUT2D eigenvalue weighted by Crippen LogP contribution is -1.96. The average Bonchev–Trinajstić information content (AvgIpc) is 2.67. The molecule has 4 heteroatoms. The predicted octanol–water partition coefficient (Wildman–Crippen LogP) is 3.03. The molecule has 0 N–H and O–H groups in total. The van der Waals surface area contributed by atoms with Gasteiger partial charge in [-0.15, -0.1) is 0 Å². The van der Waals surface area contributed by atoms with Crippen molar-refractivity contribution in [2.24, 2.45) is 7.05 Å². The first kappa shape index (κ1) is 14.6. The molecule has 0 aromatic carbocycles. The molecule has 16 heavy (non-hydrogen) atoms. The Labute approximate surface area is 97.7 Å². The third-order valence-electron chi connectivity index (χ3n) is 1.97. The maximum atomic E-state index is 4.37. The SMILES string of the molecule is CC.CC.Cc1nc2cnn(C)c2nc1C. The molecule has 2 heterocycles. The van der Waals surface area contributed by atoms with Crippen molar-refractivity contribution in [1.82, 2.24) is 19.7 Å². The zero-order valence-electron chi connectivity index (χ0n) is 11.4. The Balaban J connectivity index is 0.000000509. The molecule has 4 nitrogen and oxygen atoms in total. The Morgan fingerprint density at radius 3 is 2.00 bits per heavy atom. The van der Waals surface area contributed by atoms with Gasteiger partial charge >= 0.3 is 0 Å². The van der Waals surface area contributed by atoms with Gasteiger partial charge in [-0.3, -0.25) is 0 Å². The summed E-state index contributed by atoms with van der Waals surface area (Å²) >= 11 is 0. The van der Waals surface area contributed by atoms with Gasteiger partial charge in [0.25, 0.3) is 0 Å². The van der Waals surface area contributed by atoms with Crippen LogP contribution in [0.25, 0.3) is 11.2 Å². The summed E-state index contributed by atoms with van der Waals surface area (Å²) in [5, 5.41) is 4.07. The third kappa shape index (κ3) is 3.02. The molecular weight excluding hydrogens is 200 g/mol. The van der Waals surface area contributed by atoms with Crippen molar-refractivity contribution in [1.29, 1.82) is 0 Å². The van der Waals surface area contributed by atoms with E-state index >= 15 is 0 Å². The van der Waals surface area contributed by atoms with Crippen molar-refractivity contribution in [3.63, 3.8) is 0 Å². The summed E-state index contributed by atoms with van der Waals surface area (Å²) in [5.74, 6) is 0. The first-order valence-electron chi connectivity index (χ1n) is 5.81. The van der Waals surface area contributed by atoms with Gasteiger partial charge in [0.2, 0.25) is 0 Å². The van der Waals surface area contributed by atoms with E-state index in [1.165, 1.54) is 0 Å². The van der Waals surface area contributed by atoms with Crippen molar-refractivity contribution < 1.29 is 0 Å². The number of rotatable bonds is 0. The van der Waals surface area contributed by atoms with Gasteiger partial charge in [-0.05, 0) is 13.8 Å². The molecule has 0 amide bonds. The van der Waals surface area contributed by atoms with E-state index in [-0.39, 0.29) is 0 Å². The van der Waals surface area contributed by atoms with Crippen LogP contribution in [0.4, 0.5) is 0 Å². The van der Waals surface area contributed by atoms with Crippen LogP contribution in [-0.2, 0) is 7.05 Å². The number of aryl methyl sites for hydroxylation is 3. The van der Waals surface area contributed by atoms with Gasteiger partial charge in [-0.2, -0.15) is 5.10 Å². The lowest BCUT2D eigenvalue weighted by molar-refractivity contribution is 0.784. The summed E-state index contributed by atoms with van der Waals surface area (Å²) in [6, 6.07) is 0. The predicted molar refractivity (Wildman–Crippen MR) is 68.5 cm³/mol. The molecule has 0 unspecified atom stereocenters. The van der Waals surface area contributed by atoms with Gasteiger partial charge in [-0.25, -0.2) is 14.6 Å². The van der Waals surface area contributed by atoms with Crippen LogP contribution in [0.15, 0.2) is 6.20 Å². The smallest absolute Gasteiger partial charge is 0.176 e. The van der Waals surface area contributed by atoms with E-state index in [4.69, 9.17) is 0 Å².